The van der Waals surface area contributed by atoms with Gasteiger partial charge in [0.15, 0.2) is 0 Å². The monoisotopic (exact) mass is 664 g/mol. The van der Waals surface area contributed by atoms with Crippen LogP contribution in [0.5, 0.6) is 0 Å². The van der Waals surface area contributed by atoms with Gasteiger partial charge in [0.05, 0.1) is 29.6 Å². The van der Waals surface area contributed by atoms with E-state index in [4.69, 9.17) is 18.9 Å². The van der Waals surface area contributed by atoms with Gasteiger partial charge in [0, 0.05) is 76.3 Å². The number of likely N-dealkylation sites (tertiary alicyclic amines) is 1. The largest absolute Gasteiger partial charge is 0.454 e. The van der Waals surface area contributed by atoms with E-state index >= 15 is 0 Å². The maximum Gasteiger partial charge on any atom is 0.340 e. The van der Waals surface area contributed by atoms with Gasteiger partial charge in [0.2, 0.25) is 5.91 Å². The first kappa shape index (κ1) is 31.4. The van der Waals surface area contributed by atoms with Crippen LogP contribution in [0.3, 0.4) is 0 Å². The molecule has 0 radical (unpaired) electrons. The molecule has 6 aliphatic rings. The van der Waals surface area contributed by atoms with Crippen LogP contribution in [0.4, 0.5) is 5.69 Å². The predicted molar refractivity (Wildman–Crippen MR) is 162 cm³/mol. The zero-order valence-corrected chi connectivity index (χ0v) is 27.3. The Morgan fingerprint density at radius 3 is 2.47 bits per heavy atom. The summed E-state index contributed by atoms with van der Waals surface area (Å²) in [6, 6.07) is 6.89. The minimum Gasteiger partial charge on any atom is -0.454 e. The van der Waals surface area contributed by atoms with Crippen molar-refractivity contribution in [1.82, 2.24) is 4.90 Å². The van der Waals surface area contributed by atoms with E-state index in [1.54, 1.807) is 45.6 Å². The number of hydrogen-bond acceptors (Lipinski definition) is 9. The second-order valence-corrected chi connectivity index (χ2v) is 13.7. The van der Waals surface area contributed by atoms with Gasteiger partial charge in [-0.05, 0) is 44.4 Å². The Bertz CT molecular complexity index is 1300. The van der Waals surface area contributed by atoms with Crippen LogP contribution in [0.2, 0.25) is 0 Å². The van der Waals surface area contributed by atoms with Crippen molar-refractivity contribution in [2.45, 2.75) is 87.1 Å². The highest BCUT2D eigenvalue weighted by Gasteiger charge is 2.89. The second-order valence-electron chi connectivity index (χ2n) is 13.7. The standard InChI is InChI=1S/C32H44N2O8.BrH/c1-6-34-16-29(42-28(36)18-9-7-8-10-21(18)33-17(2)35)12-11-25(40-4)31-23(29)14-20(26(31)34)30(37)15-22(39-3)19-13-24(31)32(30,38)27(19)41-5;/h7-10,19-20,22-27,37-38H,6,11-16H2,1-5H3,(H,33,35);1H/t19-,20?,22+,23-,24+,25+,26?,27+,29-,30+,31+,32+;/m1./s1. The quantitative estimate of drug-likeness (QED) is 0.377. The molecule has 5 saturated carbocycles. The Kier molecular flexibility index (Phi) is 7.64. The molecule has 10 nitrogen and oxygen atoms in total. The first-order valence-corrected chi connectivity index (χ1v) is 15.4. The molecule has 3 N–H and O–H groups in total. The van der Waals surface area contributed by atoms with Gasteiger partial charge in [-0.3, -0.25) is 9.69 Å². The number of piperidine rings is 1. The normalized spacial score (nSPS) is 47.0. The summed E-state index contributed by atoms with van der Waals surface area (Å²) < 4.78 is 25.1. The van der Waals surface area contributed by atoms with Gasteiger partial charge in [-0.2, -0.15) is 0 Å². The number of hydrogen-bond donors (Lipinski definition) is 3. The third kappa shape index (κ3) is 3.67. The molecule has 43 heavy (non-hydrogen) atoms. The van der Waals surface area contributed by atoms with E-state index in [0.717, 1.165) is 0 Å². The van der Waals surface area contributed by atoms with Crippen LogP contribution in [-0.4, -0.2) is 103 Å². The van der Waals surface area contributed by atoms with Crippen molar-refractivity contribution in [2.24, 2.45) is 29.1 Å². The molecule has 1 aromatic carbocycles. The molecule has 1 saturated heterocycles. The highest BCUT2D eigenvalue weighted by molar-refractivity contribution is 8.93. The number of para-hydroxylation sites is 1. The van der Waals surface area contributed by atoms with Crippen molar-refractivity contribution >= 4 is 34.5 Å². The van der Waals surface area contributed by atoms with Gasteiger partial charge < -0.3 is 34.5 Å². The Hall–Kier alpha value is -1.60. The summed E-state index contributed by atoms with van der Waals surface area (Å²) in [5.74, 6) is -1.54. The topological polar surface area (TPSA) is 127 Å². The third-order valence-electron chi connectivity index (χ3n) is 12.6. The lowest BCUT2D eigenvalue weighted by molar-refractivity contribution is -0.337. The Balaban J connectivity index is 0.00000329. The fourth-order valence-corrected chi connectivity index (χ4v) is 11.6. The maximum absolute atomic E-state index is 14.0. The molecule has 7 bridgehead atoms. The molecular formula is C32H45BrN2O8. The second kappa shape index (κ2) is 10.5. The van der Waals surface area contributed by atoms with Gasteiger partial charge in [0.25, 0.3) is 0 Å². The van der Waals surface area contributed by atoms with Crippen molar-refractivity contribution < 1.29 is 38.7 Å². The molecule has 6 fully saturated rings. The zero-order chi connectivity index (χ0) is 29.8. The van der Waals surface area contributed by atoms with E-state index in [2.05, 4.69) is 17.1 Å². The molecule has 2 unspecified atom stereocenters. The number of benzene rings is 1. The van der Waals surface area contributed by atoms with E-state index in [1.807, 2.05) is 0 Å². The van der Waals surface area contributed by atoms with Crippen molar-refractivity contribution in [3.63, 3.8) is 0 Å². The molecule has 7 rings (SSSR count). The van der Waals surface area contributed by atoms with E-state index < -0.39 is 34.3 Å². The van der Waals surface area contributed by atoms with Crippen LogP contribution in [0.1, 0.15) is 56.3 Å². The van der Waals surface area contributed by atoms with E-state index in [1.165, 1.54) is 6.92 Å². The fraction of sp³-hybridized carbons (Fsp3) is 0.750. The number of likely N-dealkylation sites (N-methyl/N-ethyl adjacent to an activating group) is 1. The number of carbonyl (C=O) groups is 2. The summed E-state index contributed by atoms with van der Waals surface area (Å²) in [5, 5.41) is 28.4. The summed E-state index contributed by atoms with van der Waals surface area (Å²) in [7, 11) is 5.05. The first-order chi connectivity index (χ1) is 20.1. The molecule has 1 heterocycles. The maximum atomic E-state index is 14.0. The number of methoxy groups -OCH3 is 3. The lowest BCUT2D eigenvalue weighted by atomic mass is 9.44. The summed E-state index contributed by atoms with van der Waals surface area (Å²) in [6.07, 6.45) is 1.91. The smallest absolute Gasteiger partial charge is 0.340 e. The average molecular weight is 666 g/mol. The van der Waals surface area contributed by atoms with Gasteiger partial charge in [-0.1, -0.05) is 19.1 Å². The highest BCUT2D eigenvalue weighted by atomic mass is 79.9. The average Bonchev–Trinajstić information content (AvgIpc) is 3.39. The minimum atomic E-state index is -1.48. The number of halogens is 1. The number of fused-ring (bicyclic) bond motifs is 2. The Morgan fingerprint density at radius 1 is 1.07 bits per heavy atom. The highest BCUT2D eigenvalue weighted by Crippen LogP contribution is 2.79. The first-order valence-electron chi connectivity index (χ1n) is 15.4. The van der Waals surface area contributed by atoms with Gasteiger partial charge in [-0.25, -0.2) is 4.79 Å². The molecule has 1 amide bonds. The number of rotatable bonds is 7. The van der Waals surface area contributed by atoms with Crippen LogP contribution < -0.4 is 5.32 Å². The molecule has 1 aromatic rings. The molecule has 238 valence electrons. The molecule has 1 spiro atoms. The number of anilines is 1. The number of ether oxygens (including phenoxy) is 4. The number of nitrogens with zero attached hydrogens (tertiary/aromatic N) is 1. The van der Waals surface area contributed by atoms with Crippen LogP contribution in [-0.2, 0) is 23.7 Å². The third-order valence-corrected chi connectivity index (χ3v) is 12.6. The number of nitrogens with one attached hydrogen (secondary N) is 1. The summed E-state index contributed by atoms with van der Waals surface area (Å²) in [5.41, 5.74) is -3.57. The van der Waals surface area contributed by atoms with Gasteiger partial charge in [0.1, 0.15) is 16.8 Å². The Labute approximate surface area is 263 Å². The van der Waals surface area contributed by atoms with Crippen LogP contribution in [0.25, 0.3) is 0 Å². The summed E-state index contributed by atoms with van der Waals surface area (Å²) in [4.78, 5) is 28.3. The molecular weight excluding hydrogens is 620 g/mol. The van der Waals surface area contributed by atoms with Crippen molar-refractivity contribution in [2.75, 3.05) is 39.7 Å². The number of aliphatic hydroxyl groups is 2. The molecule has 12 atom stereocenters. The lowest BCUT2D eigenvalue weighted by Crippen LogP contribution is -2.83. The van der Waals surface area contributed by atoms with Crippen molar-refractivity contribution in [3.8, 4) is 0 Å². The number of amides is 1. The van der Waals surface area contributed by atoms with Crippen molar-refractivity contribution in [3.05, 3.63) is 29.8 Å². The van der Waals surface area contributed by atoms with Crippen LogP contribution in [0, 0.1) is 29.1 Å². The van der Waals surface area contributed by atoms with E-state index in [-0.39, 0.29) is 64.8 Å². The summed E-state index contributed by atoms with van der Waals surface area (Å²) in [6.45, 7) is 4.79. The van der Waals surface area contributed by atoms with Crippen molar-refractivity contribution in [1.29, 1.82) is 0 Å². The minimum absolute atomic E-state index is 0. The lowest BCUT2D eigenvalue weighted by Gasteiger charge is -2.70. The molecule has 11 heteroatoms. The molecule has 5 aliphatic carbocycles. The van der Waals surface area contributed by atoms with Crippen LogP contribution >= 0.6 is 17.0 Å². The van der Waals surface area contributed by atoms with Gasteiger partial charge >= 0.3 is 5.97 Å². The molecule has 0 aromatic heterocycles. The number of esters is 1. The van der Waals surface area contributed by atoms with Crippen LogP contribution in [0.15, 0.2) is 24.3 Å². The fourth-order valence-electron chi connectivity index (χ4n) is 11.6. The van der Waals surface area contributed by atoms with E-state index in [9.17, 15) is 19.8 Å². The Morgan fingerprint density at radius 2 is 1.81 bits per heavy atom. The van der Waals surface area contributed by atoms with Gasteiger partial charge in [-0.15, -0.1) is 17.0 Å². The molecule has 1 aliphatic heterocycles. The zero-order valence-electron chi connectivity index (χ0n) is 25.6. The summed E-state index contributed by atoms with van der Waals surface area (Å²) >= 11 is 0. The van der Waals surface area contributed by atoms with E-state index in [0.29, 0.717) is 56.4 Å². The predicted octanol–water partition coefficient (Wildman–Crippen LogP) is 2.80. The SMILES string of the molecule is Br.CCN1C[C@]2(OC(=O)c3ccccc3NC(C)=O)CC[C@H](OC)[C@]34C1C(C[C@H]23)[C@@]1(O)C[C@H](OC)[C@H]2C[C@@H]4[C@]1(O)[C@H]2OC. The number of carbonyl (C=O) groups excluding carboxylic acids is 2.